The number of ether oxygens (including phenoxy) is 2. The Morgan fingerprint density at radius 1 is 0.902 bits per heavy atom. The number of hydrogen-bond acceptors (Lipinski definition) is 5. The molecule has 41 heavy (non-hydrogen) atoms. The molecule has 0 aliphatic carbocycles. The molecule has 1 heterocycles. The summed E-state index contributed by atoms with van der Waals surface area (Å²) >= 11 is 0. The summed E-state index contributed by atoms with van der Waals surface area (Å²) in [4.78, 5) is 10.2. The van der Waals surface area contributed by atoms with Gasteiger partial charge in [-0.1, -0.05) is 103 Å². The van der Waals surface area contributed by atoms with Crippen LogP contribution in [0.25, 0.3) is 0 Å². The molecule has 8 nitrogen and oxygen atoms in total. The van der Waals surface area contributed by atoms with E-state index < -0.39 is 13.9 Å². The van der Waals surface area contributed by atoms with Gasteiger partial charge >= 0.3 is 7.82 Å². The van der Waals surface area contributed by atoms with E-state index in [1.54, 1.807) is 25.3 Å². The Labute approximate surface area is 249 Å². The van der Waals surface area contributed by atoms with Gasteiger partial charge in [-0.15, -0.1) is 0 Å². The average Bonchev–Trinajstić information content (AvgIpc) is 3.41. The fraction of sp³-hybridized carbons (Fsp3) is 0.719. The van der Waals surface area contributed by atoms with Crippen LogP contribution in [0.2, 0.25) is 0 Å². The zero-order valence-electron chi connectivity index (χ0n) is 25.9. The second-order valence-electron chi connectivity index (χ2n) is 10.9. The second kappa shape index (κ2) is 21.9. The molecule has 234 valence electrons. The Morgan fingerprint density at radius 2 is 1.54 bits per heavy atom. The van der Waals surface area contributed by atoms with Gasteiger partial charge in [-0.3, -0.25) is 9.42 Å². The molecule has 0 radical (unpaired) electrons. The molecule has 0 amide bonds. The van der Waals surface area contributed by atoms with Crippen LogP contribution in [0.3, 0.4) is 0 Å². The second-order valence-corrected chi connectivity index (χ2v) is 12.3. The third-order valence-electron chi connectivity index (χ3n) is 7.30. The van der Waals surface area contributed by atoms with Crippen LogP contribution in [0.4, 0.5) is 0 Å². The topological polar surface area (TPSA) is 83.0 Å². The number of phosphoric acid groups is 1. The zero-order chi connectivity index (χ0) is 29.6. The van der Waals surface area contributed by atoms with Crippen molar-refractivity contribution in [3.63, 3.8) is 0 Å². The lowest BCUT2D eigenvalue weighted by Gasteiger charge is -2.18. The maximum absolute atomic E-state index is 12.5. The highest BCUT2D eigenvalue weighted by Gasteiger charge is 2.25. The molecule has 0 saturated carbocycles. The minimum Gasteiger partial charge on any atom is -0.404 e. The highest BCUT2D eigenvalue weighted by Crippen LogP contribution is 2.44. The van der Waals surface area contributed by atoms with Gasteiger partial charge in [0.2, 0.25) is 6.33 Å². The number of benzene rings is 1. The Bertz CT molecular complexity index is 969. The van der Waals surface area contributed by atoms with E-state index in [4.69, 9.17) is 18.5 Å². The van der Waals surface area contributed by atoms with Crippen LogP contribution in [-0.4, -0.2) is 42.5 Å². The van der Waals surface area contributed by atoms with E-state index in [9.17, 15) is 9.46 Å². The fourth-order valence-electron chi connectivity index (χ4n) is 4.77. The molecular weight excluding hydrogens is 539 g/mol. The first-order valence-electron chi connectivity index (χ1n) is 15.9. The first kappa shape index (κ1) is 35.5. The lowest BCUT2D eigenvalue weighted by molar-refractivity contribution is -0.687. The van der Waals surface area contributed by atoms with Crippen molar-refractivity contribution >= 4 is 7.82 Å². The Hall–Kier alpha value is -1.70. The predicted molar refractivity (Wildman–Crippen MR) is 164 cm³/mol. The molecule has 0 bridgehead atoms. The quantitative estimate of drug-likeness (QED) is 0.0677. The molecule has 1 aromatic heterocycles. The third kappa shape index (κ3) is 17.1. The largest absolute Gasteiger partial charge is 0.527 e. The Kier molecular flexibility index (Phi) is 19.0. The minimum atomic E-state index is -4.31. The number of hydrogen-bond donors (Lipinski definition) is 1. The molecule has 1 N–H and O–H groups in total. The van der Waals surface area contributed by atoms with Crippen LogP contribution in [0.15, 0.2) is 43.0 Å². The van der Waals surface area contributed by atoms with Crippen molar-refractivity contribution in [1.82, 2.24) is 4.57 Å². The van der Waals surface area contributed by atoms with Crippen molar-refractivity contribution in [3.8, 4) is 5.75 Å². The highest BCUT2D eigenvalue weighted by molar-refractivity contribution is 7.47. The molecule has 0 aliphatic heterocycles. The number of phosphoric ester groups is 1. The zero-order valence-corrected chi connectivity index (χ0v) is 26.8. The summed E-state index contributed by atoms with van der Waals surface area (Å²) in [6, 6.07) is 7.13. The number of methoxy groups -OCH3 is 1. The fourth-order valence-corrected chi connectivity index (χ4v) is 5.55. The normalized spacial score (nSPS) is 13.8. The average molecular weight is 596 g/mol. The number of nitrogens with zero attached hydrogens (tertiary/aromatic N) is 2. The smallest absolute Gasteiger partial charge is 0.404 e. The van der Waals surface area contributed by atoms with Crippen molar-refractivity contribution in [2.75, 3.05) is 26.9 Å². The van der Waals surface area contributed by atoms with Gasteiger partial charge in [0.1, 0.15) is 30.8 Å². The highest BCUT2D eigenvalue weighted by atomic mass is 31.2. The lowest BCUT2D eigenvalue weighted by Crippen LogP contribution is -2.31. The molecule has 0 aliphatic rings. The molecule has 2 aromatic rings. The molecule has 2 rings (SSSR count). The van der Waals surface area contributed by atoms with Crippen LogP contribution in [-0.2, 0) is 31.7 Å². The van der Waals surface area contributed by atoms with Crippen molar-refractivity contribution in [3.05, 3.63) is 48.5 Å². The first-order chi connectivity index (χ1) is 20.0. The number of aromatic nitrogens is 2. The van der Waals surface area contributed by atoms with Crippen molar-refractivity contribution in [2.45, 2.75) is 123 Å². The number of rotatable bonds is 26. The van der Waals surface area contributed by atoms with Crippen molar-refractivity contribution in [2.24, 2.45) is 0 Å². The van der Waals surface area contributed by atoms with E-state index in [1.165, 1.54) is 77.0 Å². The molecule has 9 heteroatoms. The van der Waals surface area contributed by atoms with Crippen molar-refractivity contribution in [1.29, 1.82) is 0 Å². The Balaban J connectivity index is 1.52. The summed E-state index contributed by atoms with van der Waals surface area (Å²) in [5.74, 6) is 0.284. The van der Waals surface area contributed by atoms with Gasteiger partial charge in [-0.25, -0.2) is 13.7 Å². The number of imidazole rings is 1. The molecule has 0 fully saturated rings. The van der Waals surface area contributed by atoms with Gasteiger partial charge in [0.05, 0.1) is 19.8 Å². The number of aryl methyl sites for hydroxylation is 1. The maximum atomic E-state index is 12.5. The molecule has 2 unspecified atom stereocenters. The molecule has 1 aromatic carbocycles. The van der Waals surface area contributed by atoms with Gasteiger partial charge in [0.15, 0.2) is 0 Å². The summed E-state index contributed by atoms with van der Waals surface area (Å²) in [6.45, 7) is 6.74. The van der Waals surface area contributed by atoms with E-state index in [0.29, 0.717) is 19.8 Å². The van der Waals surface area contributed by atoms with Crippen molar-refractivity contribution < 1.29 is 32.5 Å². The summed E-state index contributed by atoms with van der Waals surface area (Å²) < 4.78 is 38.3. The van der Waals surface area contributed by atoms with Crippen LogP contribution in [0.1, 0.15) is 109 Å². The first-order valence-corrected chi connectivity index (χ1v) is 17.4. The predicted octanol–water partition coefficient (Wildman–Crippen LogP) is 7.85. The summed E-state index contributed by atoms with van der Waals surface area (Å²) in [6.07, 6.45) is 24.1. The van der Waals surface area contributed by atoms with E-state index in [1.807, 2.05) is 29.4 Å². The molecule has 0 spiro atoms. The van der Waals surface area contributed by atoms with Crippen LogP contribution in [0, 0.1) is 0 Å². The summed E-state index contributed by atoms with van der Waals surface area (Å²) in [7, 11) is -2.77. The molecule has 2 atom stereocenters. The van der Waals surface area contributed by atoms with Gasteiger partial charge in [0.25, 0.3) is 0 Å². The lowest BCUT2D eigenvalue weighted by atomic mass is 10.0. The minimum absolute atomic E-state index is 0.0942. The Morgan fingerprint density at radius 3 is 2.12 bits per heavy atom. The van der Waals surface area contributed by atoms with Crippen LogP contribution < -0.4 is 9.09 Å². The summed E-state index contributed by atoms with van der Waals surface area (Å²) in [5.41, 5.74) is 0.952. The van der Waals surface area contributed by atoms with Gasteiger partial charge in [-0.2, -0.15) is 0 Å². The number of unbranched alkanes of at least 4 members (excludes halogenated alkanes) is 13. The van der Waals surface area contributed by atoms with E-state index in [0.717, 1.165) is 24.9 Å². The standard InChI is InChI=1S/C32H55N2O6P/c1-4-6-7-8-9-10-11-12-13-14-15-16-17-18-24-38-27-32(37-3)28-39-41(35,36)40-31-21-19-20-30(25-31)26-34-23-22-33(5-2)29-34/h19-23,25,29,32H,4-18,24,26-28H2,1-3H3/p+1. The van der Waals surface area contributed by atoms with E-state index >= 15 is 0 Å². The molecular formula is C32H56N2O6P+. The van der Waals surface area contributed by atoms with Gasteiger partial charge in [-0.05, 0) is 31.0 Å². The SMILES string of the molecule is CCCCCCCCCCCCCCCCOCC(COP(=O)(O)Oc1cccc(C[n+]2ccn(CC)c2)c1)OC. The van der Waals surface area contributed by atoms with Gasteiger partial charge in [0, 0.05) is 13.7 Å². The van der Waals surface area contributed by atoms with E-state index in [2.05, 4.69) is 18.4 Å². The third-order valence-corrected chi connectivity index (χ3v) is 8.22. The van der Waals surface area contributed by atoms with Crippen LogP contribution >= 0.6 is 7.82 Å². The monoisotopic (exact) mass is 595 g/mol. The summed E-state index contributed by atoms with van der Waals surface area (Å²) in [5, 5.41) is 0. The maximum Gasteiger partial charge on any atom is 0.527 e. The van der Waals surface area contributed by atoms with E-state index in [-0.39, 0.29) is 12.4 Å². The van der Waals surface area contributed by atoms with Crippen LogP contribution in [0.5, 0.6) is 5.75 Å². The molecule has 0 saturated heterocycles. The van der Waals surface area contributed by atoms with Gasteiger partial charge < -0.3 is 14.0 Å².